The summed E-state index contributed by atoms with van der Waals surface area (Å²) >= 11 is 10.8. The molecule has 0 aliphatic rings. The average molecular weight is 299 g/mol. The summed E-state index contributed by atoms with van der Waals surface area (Å²) in [7, 11) is 0. The molecule has 0 spiro atoms. The molecule has 0 heterocycles. The summed E-state index contributed by atoms with van der Waals surface area (Å²) < 4.78 is 0. The lowest BCUT2D eigenvalue weighted by atomic mass is 10.1. The molecule has 2 N–H and O–H groups in total. The van der Waals surface area contributed by atoms with E-state index in [9.17, 15) is 4.79 Å². The van der Waals surface area contributed by atoms with Crippen molar-refractivity contribution in [3.8, 4) is 0 Å². The summed E-state index contributed by atoms with van der Waals surface area (Å²) in [6.45, 7) is 4.53. The minimum absolute atomic E-state index is 0.0634. The fourth-order valence-corrected chi connectivity index (χ4v) is 2.13. The second kappa shape index (κ2) is 7.46. The molecule has 0 saturated heterocycles. The number of benzene rings is 1. The Morgan fingerprint density at radius 2 is 2.16 bits per heavy atom. The van der Waals surface area contributed by atoms with Crippen LogP contribution in [0.5, 0.6) is 0 Å². The molecule has 1 rings (SSSR count). The van der Waals surface area contributed by atoms with Crippen molar-refractivity contribution < 1.29 is 4.79 Å². The Balaban J connectivity index is 2.69. The van der Waals surface area contributed by atoms with Crippen LogP contribution in [0.25, 0.3) is 0 Å². The number of carbonyl (C=O) groups excluding carboxylic acids is 1. The lowest BCUT2D eigenvalue weighted by molar-refractivity contribution is -0.132. The van der Waals surface area contributed by atoms with Gasteiger partial charge in [0.25, 0.3) is 0 Å². The number of hydrogen-bond acceptors (Lipinski definition) is 2. The predicted molar refractivity (Wildman–Crippen MR) is 83.4 cm³/mol. The molecular formula is C14H19ClN2OS. The van der Waals surface area contributed by atoms with Gasteiger partial charge in [-0.05, 0) is 31.5 Å². The monoisotopic (exact) mass is 298 g/mol. The SMILES string of the molecule is CC(C)N(CCC(N)=S)C(=O)Cc1cccc(Cl)c1. The van der Waals surface area contributed by atoms with Crippen molar-refractivity contribution in [2.24, 2.45) is 5.73 Å². The van der Waals surface area contributed by atoms with E-state index in [2.05, 4.69) is 0 Å². The summed E-state index contributed by atoms with van der Waals surface area (Å²) in [6, 6.07) is 7.48. The molecule has 0 radical (unpaired) electrons. The van der Waals surface area contributed by atoms with Crippen LogP contribution in [0, 0.1) is 0 Å². The van der Waals surface area contributed by atoms with Crippen molar-refractivity contribution in [1.29, 1.82) is 0 Å². The van der Waals surface area contributed by atoms with Crippen molar-refractivity contribution in [1.82, 2.24) is 4.90 Å². The zero-order chi connectivity index (χ0) is 14.4. The first-order chi connectivity index (χ1) is 8.90. The van der Waals surface area contributed by atoms with Crippen molar-refractivity contribution in [2.75, 3.05) is 6.54 Å². The van der Waals surface area contributed by atoms with Gasteiger partial charge in [-0.2, -0.15) is 0 Å². The van der Waals surface area contributed by atoms with Gasteiger partial charge in [0.15, 0.2) is 0 Å². The van der Waals surface area contributed by atoms with Gasteiger partial charge in [-0.3, -0.25) is 4.79 Å². The zero-order valence-corrected chi connectivity index (χ0v) is 12.8. The second-order valence-electron chi connectivity index (χ2n) is 4.70. The Labute approximate surface area is 124 Å². The molecular weight excluding hydrogens is 280 g/mol. The number of nitrogens with zero attached hydrogens (tertiary/aromatic N) is 1. The molecule has 0 saturated carbocycles. The van der Waals surface area contributed by atoms with Gasteiger partial charge in [0.05, 0.1) is 11.4 Å². The van der Waals surface area contributed by atoms with E-state index in [4.69, 9.17) is 29.6 Å². The first-order valence-corrected chi connectivity index (χ1v) is 7.01. The van der Waals surface area contributed by atoms with Crippen molar-refractivity contribution in [3.63, 3.8) is 0 Å². The largest absolute Gasteiger partial charge is 0.393 e. The fraction of sp³-hybridized carbons (Fsp3) is 0.429. The van der Waals surface area contributed by atoms with E-state index in [1.807, 2.05) is 32.0 Å². The van der Waals surface area contributed by atoms with Gasteiger partial charge in [0, 0.05) is 24.0 Å². The van der Waals surface area contributed by atoms with Gasteiger partial charge >= 0.3 is 0 Å². The van der Waals surface area contributed by atoms with Gasteiger partial charge < -0.3 is 10.6 Å². The molecule has 0 aromatic heterocycles. The number of nitrogens with two attached hydrogens (primary N) is 1. The lowest BCUT2D eigenvalue weighted by Crippen LogP contribution is -2.39. The third-order valence-electron chi connectivity index (χ3n) is 2.79. The first kappa shape index (κ1) is 15.9. The van der Waals surface area contributed by atoms with Crippen LogP contribution in [0.2, 0.25) is 5.02 Å². The minimum Gasteiger partial charge on any atom is -0.393 e. The van der Waals surface area contributed by atoms with Gasteiger partial charge in [0.1, 0.15) is 0 Å². The molecule has 1 amide bonds. The maximum atomic E-state index is 12.3. The standard InChI is InChI=1S/C14H19ClN2OS/c1-10(2)17(7-6-13(16)19)14(18)9-11-4-3-5-12(15)8-11/h3-5,8,10H,6-7,9H2,1-2H3,(H2,16,19). The van der Waals surface area contributed by atoms with E-state index in [1.165, 1.54) is 0 Å². The summed E-state index contributed by atoms with van der Waals surface area (Å²) in [5.41, 5.74) is 6.40. The average Bonchev–Trinajstić information content (AvgIpc) is 2.28. The number of amides is 1. The molecule has 1 aromatic carbocycles. The Kier molecular flexibility index (Phi) is 6.25. The van der Waals surface area contributed by atoms with E-state index in [-0.39, 0.29) is 11.9 Å². The Morgan fingerprint density at radius 1 is 1.47 bits per heavy atom. The van der Waals surface area contributed by atoms with Crippen LogP contribution >= 0.6 is 23.8 Å². The highest BCUT2D eigenvalue weighted by atomic mass is 35.5. The molecule has 0 aliphatic heterocycles. The topological polar surface area (TPSA) is 46.3 Å². The molecule has 19 heavy (non-hydrogen) atoms. The molecule has 3 nitrogen and oxygen atoms in total. The molecule has 1 aromatic rings. The van der Waals surface area contributed by atoms with Gasteiger partial charge in [-0.15, -0.1) is 0 Å². The quantitative estimate of drug-likeness (QED) is 0.822. The Morgan fingerprint density at radius 3 is 2.68 bits per heavy atom. The van der Waals surface area contributed by atoms with Gasteiger partial charge in [0.2, 0.25) is 5.91 Å². The number of carbonyl (C=O) groups is 1. The first-order valence-electron chi connectivity index (χ1n) is 6.22. The summed E-state index contributed by atoms with van der Waals surface area (Å²) in [6.07, 6.45) is 0.894. The molecule has 0 aliphatic carbocycles. The predicted octanol–water partition coefficient (Wildman–Crippen LogP) is 2.80. The zero-order valence-electron chi connectivity index (χ0n) is 11.2. The van der Waals surface area contributed by atoms with Crippen molar-refractivity contribution >= 4 is 34.7 Å². The van der Waals surface area contributed by atoms with E-state index in [1.54, 1.807) is 11.0 Å². The summed E-state index contributed by atoms with van der Waals surface area (Å²) in [5, 5.41) is 0.643. The molecule has 104 valence electrons. The van der Waals surface area contributed by atoms with E-state index >= 15 is 0 Å². The normalized spacial score (nSPS) is 10.5. The van der Waals surface area contributed by atoms with Gasteiger partial charge in [-0.25, -0.2) is 0 Å². The lowest BCUT2D eigenvalue weighted by Gasteiger charge is -2.26. The Bertz CT molecular complexity index is 463. The van der Waals surface area contributed by atoms with Crippen LogP contribution in [-0.4, -0.2) is 28.4 Å². The van der Waals surface area contributed by atoms with E-state index < -0.39 is 0 Å². The molecule has 0 bridgehead atoms. The summed E-state index contributed by atoms with van der Waals surface area (Å²) in [5.74, 6) is 0.0634. The number of halogens is 1. The number of hydrogen-bond donors (Lipinski definition) is 1. The fourth-order valence-electron chi connectivity index (χ4n) is 1.82. The van der Waals surface area contributed by atoms with Crippen molar-refractivity contribution in [2.45, 2.75) is 32.7 Å². The summed E-state index contributed by atoms with van der Waals surface area (Å²) in [4.78, 5) is 14.5. The van der Waals surface area contributed by atoms with Crippen LogP contribution in [0.4, 0.5) is 0 Å². The van der Waals surface area contributed by atoms with Crippen LogP contribution in [-0.2, 0) is 11.2 Å². The smallest absolute Gasteiger partial charge is 0.227 e. The molecule has 0 unspecified atom stereocenters. The maximum Gasteiger partial charge on any atom is 0.227 e. The molecule has 0 atom stereocenters. The maximum absolute atomic E-state index is 12.3. The van der Waals surface area contributed by atoms with E-state index in [0.717, 1.165) is 5.56 Å². The Hall–Kier alpha value is -1.13. The van der Waals surface area contributed by atoms with Crippen LogP contribution in [0.1, 0.15) is 25.8 Å². The number of rotatable bonds is 6. The molecule has 0 fully saturated rings. The third kappa shape index (κ3) is 5.57. The highest BCUT2D eigenvalue weighted by molar-refractivity contribution is 7.80. The third-order valence-corrected chi connectivity index (χ3v) is 3.23. The highest BCUT2D eigenvalue weighted by Gasteiger charge is 2.17. The van der Waals surface area contributed by atoms with Gasteiger partial charge in [-0.1, -0.05) is 36.0 Å². The second-order valence-corrected chi connectivity index (χ2v) is 5.66. The van der Waals surface area contributed by atoms with Crippen LogP contribution in [0.15, 0.2) is 24.3 Å². The molecule has 5 heteroatoms. The highest BCUT2D eigenvalue weighted by Crippen LogP contribution is 2.13. The van der Waals surface area contributed by atoms with Crippen LogP contribution in [0.3, 0.4) is 0 Å². The minimum atomic E-state index is 0.0634. The van der Waals surface area contributed by atoms with E-state index in [0.29, 0.717) is 29.4 Å². The number of thiocarbonyl (C=S) groups is 1. The van der Waals surface area contributed by atoms with Crippen molar-refractivity contribution in [3.05, 3.63) is 34.9 Å². The van der Waals surface area contributed by atoms with Crippen LogP contribution < -0.4 is 5.73 Å².